The maximum absolute atomic E-state index is 16.4. The summed E-state index contributed by atoms with van der Waals surface area (Å²) in [5.41, 5.74) is 2.39. The molecular weight excluding hydrogens is 571 g/mol. The van der Waals surface area contributed by atoms with E-state index in [1.54, 1.807) is 0 Å². The number of benzene rings is 1. The highest BCUT2D eigenvalue weighted by Gasteiger charge is 2.49. The average Bonchev–Trinajstić information content (AvgIpc) is 3.57. The van der Waals surface area contributed by atoms with Crippen molar-refractivity contribution >= 4 is 34.0 Å². The summed E-state index contributed by atoms with van der Waals surface area (Å²) in [4.78, 5) is 17.2. The molecule has 8 nitrogen and oxygen atoms in total. The maximum Gasteiger partial charge on any atom is 0.418 e. The van der Waals surface area contributed by atoms with Crippen LogP contribution in [0.1, 0.15) is 37.7 Å². The van der Waals surface area contributed by atoms with Crippen LogP contribution in [0, 0.1) is 5.82 Å². The Morgan fingerprint density at radius 1 is 1.17 bits per heavy atom. The molecule has 2 aromatic heterocycles. The zero-order chi connectivity index (χ0) is 28.7. The van der Waals surface area contributed by atoms with E-state index in [0.717, 1.165) is 44.4 Å². The van der Waals surface area contributed by atoms with Gasteiger partial charge in [-0.2, -0.15) is 23.1 Å². The smallest absolute Gasteiger partial charge is 0.418 e. The summed E-state index contributed by atoms with van der Waals surface area (Å²) >= 11 is 5.96. The molecular formula is C27H26ClF5N6O2. The zero-order valence-electron chi connectivity index (χ0n) is 21.8. The molecule has 4 aliphatic heterocycles. The molecule has 4 aliphatic rings. The van der Waals surface area contributed by atoms with Crippen LogP contribution in [0.4, 0.5) is 33.5 Å². The standard InChI is InChI=1S/C27H26ClF5N6O2/c28-17-8-14(34)7-16(19(17)27(31,32)33)21-20(30)22-18-23(39-6-1-3-15(39)11-40-24(18)35-21)37-25(36-22)41-12-26-4-2-5-38(26)10-13(29)9-26/h7-8,13,15H,1-6,9-12,34H2/t13-,15+,26+/m1/s1. The summed E-state index contributed by atoms with van der Waals surface area (Å²) in [7, 11) is 0. The van der Waals surface area contributed by atoms with Crippen molar-refractivity contribution in [1.29, 1.82) is 0 Å². The van der Waals surface area contributed by atoms with Gasteiger partial charge in [0.25, 0.3) is 0 Å². The highest BCUT2D eigenvalue weighted by molar-refractivity contribution is 6.32. The fraction of sp³-hybridized carbons (Fsp3) is 0.519. The van der Waals surface area contributed by atoms with Crippen molar-refractivity contribution in [2.75, 3.05) is 43.5 Å². The minimum absolute atomic E-state index is 0.0874. The van der Waals surface area contributed by atoms with Crippen LogP contribution in [-0.4, -0.2) is 70.5 Å². The Kier molecular flexibility index (Phi) is 6.13. The second-order valence-corrected chi connectivity index (χ2v) is 11.6. The third kappa shape index (κ3) is 4.30. The van der Waals surface area contributed by atoms with Gasteiger partial charge < -0.3 is 20.1 Å². The fourth-order valence-corrected chi connectivity index (χ4v) is 7.21. The molecule has 0 amide bonds. The summed E-state index contributed by atoms with van der Waals surface area (Å²) in [6.07, 6.45) is -2.28. The van der Waals surface area contributed by atoms with Crippen LogP contribution < -0.4 is 20.1 Å². The van der Waals surface area contributed by atoms with Crippen molar-refractivity contribution in [3.8, 4) is 23.1 Å². The summed E-state index contributed by atoms with van der Waals surface area (Å²) in [5.74, 6) is -0.859. The minimum atomic E-state index is -4.92. The predicted molar refractivity (Wildman–Crippen MR) is 142 cm³/mol. The number of rotatable bonds is 4. The number of nitrogen functional groups attached to an aromatic ring is 1. The van der Waals surface area contributed by atoms with Gasteiger partial charge in [-0.1, -0.05) is 11.6 Å². The van der Waals surface area contributed by atoms with E-state index in [-0.39, 0.29) is 47.7 Å². The van der Waals surface area contributed by atoms with Crippen LogP contribution >= 0.6 is 11.6 Å². The molecule has 41 heavy (non-hydrogen) atoms. The zero-order valence-corrected chi connectivity index (χ0v) is 22.5. The number of nitrogens with zero attached hydrogens (tertiary/aromatic N) is 5. The van der Waals surface area contributed by atoms with Gasteiger partial charge >= 0.3 is 12.2 Å². The molecule has 0 bridgehead atoms. The van der Waals surface area contributed by atoms with Crippen molar-refractivity contribution in [2.24, 2.45) is 0 Å². The van der Waals surface area contributed by atoms with E-state index >= 15 is 4.39 Å². The van der Waals surface area contributed by atoms with Gasteiger partial charge in [-0.15, -0.1) is 0 Å². The highest BCUT2D eigenvalue weighted by Crippen LogP contribution is 2.47. The normalized spacial score (nSPS) is 25.8. The number of hydrogen-bond donors (Lipinski definition) is 1. The van der Waals surface area contributed by atoms with Crippen molar-refractivity contribution in [3.63, 3.8) is 0 Å². The third-order valence-electron chi connectivity index (χ3n) is 8.66. The minimum Gasteiger partial charge on any atom is -0.475 e. The van der Waals surface area contributed by atoms with Crippen LogP contribution in [0.15, 0.2) is 12.1 Å². The lowest BCUT2D eigenvalue weighted by Gasteiger charge is -2.31. The Labute approximate surface area is 236 Å². The fourth-order valence-electron chi connectivity index (χ4n) is 6.87. The Hall–Kier alpha value is -3.19. The summed E-state index contributed by atoms with van der Waals surface area (Å²) in [6, 6.07) is 1.69. The topological polar surface area (TPSA) is 89.6 Å². The van der Waals surface area contributed by atoms with Crippen LogP contribution in [0.25, 0.3) is 22.2 Å². The summed E-state index contributed by atoms with van der Waals surface area (Å²) in [6.45, 7) is 2.00. The van der Waals surface area contributed by atoms with Gasteiger partial charge in [-0.05, 0) is 44.4 Å². The first kappa shape index (κ1) is 26.7. The number of alkyl halides is 4. The number of hydrogen-bond acceptors (Lipinski definition) is 8. The molecule has 3 atom stereocenters. The van der Waals surface area contributed by atoms with Crippen LogP contribution in [0.5, 0.6) is 11.9 Å². The molecule has 1 aromatic carbocycles. The molecule has 3 saturated heterocycles. The lowest BCUT2D eigenvalue weighted by atomic mass is 9.95. The van der Waals surface area contributed by atoms with Crippen LogP contribution in [-0.2, 0) is 6.18 Å². The second-order valence-electron chi connectivity index (χ2n) is 11.2. The first-order chi connectivity index (χ1) is 19.5. The summed E-state index contributed by atoms with van der Waals surface area (Å²) < 4.78 is 85.0. The molecule has 7 rings (SSSR count). The van der Waals surface area contributed by atoms with Crippen molar-refractivity contribution in [1.82, 2.24) is 19.9 Å². The number of pyridine rings is 1. The number of nitrogens with two attached hydrogens (primary N) is 1. The Bertz CT molecular complexity index is 1560. The quantitative estimate of drug-likeness (QED) is 0.316. The second kappa shape index (κ2) is 9.41. The van der Waals surface area contributed by atoms with Gasteiger partial charge in [0.15, 0.2) is 5.82 Å². The van der Waals surface area contributed by atoms with Crippen LogP contribution in [0.2, 0.25) is 5.02 Å². The number of ether oxygens (including phenoxy) is 2. The Morgan fingerprint density at radius 2 is 2.00 bits per heavy atom. The Morgan fingerprint density at radius 3 is 2.80 bits per heavy atom. The first-order valence-corrected chi connectivity index (χ1v) is 13.9. The molecule has 0 aliphatic carbocycles. The number of halogens is 6. The van der Waals surface area contributed by atoms with Crippen molar-refractivity contribution in [3.05, 3.63) is 28.5 Å². The molecule has 14 heteroatoms. The molecule has 3 fully saturated rings. The van der Waals surface area contributed by atoms with E-state index in [9.17, 15) is 17.6 Å². The largest absolute Gasteiger partial charge is 0.475 e. The number of anilines is 2. The molecule has 0 unspecified atom stereocenters. The SMILES string of the molecule is Nc1cc(Cl)c(C(F)(F)F)c(-c2nc3c4c(nc(OC[C@@]56CCCN5C[C@H](F)C6)nc4c2F)N2CCC[C@H]2CO3)c1. The van der Waals surface area contributed by atoms with Gasteiger partial charge in [-0.3, -0.25) is 4.90 Å². The molecule has 0 spiro atoms. The van der Waals surface area contributed by atoms with Crippen LogP contribution in [0.3, 0.4) is 0 Å². The van der Waals surface area contributed by atoms with Gasteiger partial charge in [-0.25, -0.2) is 13.8 Å². The van der Waals surface area contributed by atoms with E-state index in [0.29, 0.717) is 25.3 Å². The lowest BCUT2D eigenvalue weighted by Crippen LogP contribution is -2.43. The third-order valence-corrected chi connectivity index (χ3v) is 8.95. The molecule has 6 heterocycles. The number of fused-ring (bicyclic) bond motifs is 3. The Balaban J connectivity index is 1.40. The van der Waals surface area contributed by atoms with E-state index in [1.165, 1.54) is 0 Å². The van der Waals surface area contributed by atoms with Gasteiger partial charge in [0.1, 0.15) is 41.8 Å². The van der Waals surface area contributed by atoms with E-state index in [4.69, 9.17) is 26.8 Å². The first-order valence-electron chi connectivity index (χ1n) is 13.5. The number of aromatic nitrogens is 3. The molecule has 0 saturated carbocycles. The molecule has 0 radical (unpaired) electrons. The van der Waals surface area contributed by atoms with E-state index in [1.807, 2.05) is 4.90 Å². The van der Waals surface area contributed by atoms with Gasteiger partial charge in [0.2, 0.25) is 5.88 Å². The molecule has 2 N–H and O–H groups in total. The molecule has 218 valence electrons. The van der Waals surface area contributed by atoms with Crippen molar-refractivity contribution in [2.45, 2.75) is 56.0 Å². The summed E-state index contributed by atoms with van der Waals surface area (Å²) in [5, 5.41) is -0.534. The lowest BCUT2D eigenvalue weighted by molar-refractivity contribution is -0.137. The maximum atomic E-state index is 16.4. The van der Waals surface area contributed by atoms with Gasteiger partial charge in [0.05, 0.1) is 22.2 Å². The average molecular weight is 597 g/mol. The van der Waals surface area contributed by atoms with Gasteiger partial charge in [0, 0.05) is 30.8 Å². The van der Waals surface area contributed by atoms with E-state index in [2.05, 4.69) is 19.9 Å². The van der Waals surface area contributed by atoms with E-state index < -0.39 is 45.5 Å². The molecule has 3 aromatic rings. The van der Waals surface area contributed by atoms with Crippen molar-refractivity contribution < 1.29 is 31.4 Å². The monoisotopic (exact) mass is 596 g/mol. The predicted octanol–water partition coefficient (Wildman–Crippen LogP) is 5.40. The highest BCUT2D eigenvalue weighted by atomic mass is 35.5.